The third-order valence-corrected chi connectivity index (χ3v) is 4.63. The van der Waals surface area contributed by atoms with Crippen molar-refractivity contribution in [3.63, 3.8) is 0 Å². The van der Waals surface area contributed by atoms with Gasteiger partial charge in [0.15, 0.2) is 5.56 Å². The molecule has 3 rings (SSSR count). The van der Waals surface area contributed by atoms with E-state index in [4.69, 9.17) is 5.11 Å². The average Bonchev–Trinajstić information content (AvgIpc) is 2.90. The summed E-state index contributed by atoms with van der Waals surface area (Å²) in [5.74, 6) is -1.90. The second-order valence-electron chi connectivity index (χ2n) is 6.03. The number of nitrogens with one attached hydrogen (secondary N) is 1. The minimum Gasteiger partial charge on any atom is -0.506 e. The molecule has 0 saturated heterocycles. The zero-order chi connectivity index (χ0) is 18.3. The maximum absolute atomic E-state index is 12.2. The van der Waals surface area contributed by atoms with Crippen molar-refractivity contribution in [2.45, 2.75) is 26.7 Å². The Morgan fingerprint density at radius 1 is 1.20 bits per heavy atom. The Labute approximate surface area is 144 Å². The van der Waals surface area contributed by atoms with Crippen LogP contribution >= 0.6 is 0 Å². The average molecular weight is 340 g/mol. The molecule has 0 unspecified atom stereocenters. The lowest BCUT2D eigenvalue weighted by Gasteiger charge is -2.12. The van der Waals surface area contributed by atoms with Crippen LogP contribution in [-0.2, 0) is 19.9 Å². The van der Waals surface area contributed by atoms with Gasteiger partial charge in [0.2, 0.25) is 0 Å². The van der Waals surface area contributed by atoms with Crippen molar-refractivity contribution in [1.82, 2.24) is 9.55 Å². The molecule has 0 fully saturated rings. The van der Waals surface area contributed by atoms with E-state index in [-0.39, 0.29) is 0 Å². The fourth-order valence-electron chi connectivity index (χ4n) is 3.25. The van der Waals surface area contributed by atoms with Gasteiger partial charge >= 0.3 is 5.97 Å². The normalized spacial score (nSPS) is 11.2. The molecule has 0 spiro atoms. The molecular formula is C19H20N2O4. The molecule has 0 bridgehead atoms. The van der Waals surface area contributed by atoms with Gasteiger partial charge in [-0.05, 0) is 36.6 Å². The van der Waals surface area contributed by atoms with Crippen LogP contribution in [0.4, 0.5) is 0 Å². The van der Waals surface area contributed by atoms with Crippen molar-refractivity contribution in [2.75, 3.05) is 0 Å². The topological polar surface area (TPSA) is 95.3 Å². The number of pyridine rings is 1. The summed E-state index contributed by atoms with van der Waals surface area (Å²) in [5.41, 5.74) is 2.37. The van der Waals surface area contributed by atoms with Crippen LogP contribution in [0.5, 0.6) is 5.75 Å². The lowest BCUT2D eigenvalue weighted by Crippen LogP contribution is -2.20. The van der Waals surface area contributed by atoms with Gasteiger partial charge in [0.05, 0.1) is 11.4 Å². The maximum Gasteiger partial charge on any atom is 0.345 e. The molecule has 0 atom stereocenters. The molecule has 0 amide bonds. The Bertz CT molecular complexity index is 1040. The summed E-state index contributed by atoms with van der Waals surface area (Å²) in [6, 6.07) is 8.11. The molecule has 3 aromatic rings. The summed E-state index contributed by atoms with van der Waals surface area (Å²) in [6.07, 6.45) is 1.31. The maximum atomic E-state index is 12.2. The molecule has 2 aromatic heterocycles. The summed E-state index contributed by atoms with van der Waals surface area (Å²) in [7, 11) is 1.88. The van der Waals surface area contributed by atoms with E-state index < -0.39 is 22.8 Å². The first kappa shape index (κ1) is 16.8. The van der Waals surface area contributed by atoms with E-state index in [2.05, 4.69) is 24.0 Å². The summed E-state index contributed by atoms with van der Waals surface area (Å²) in [6.45, 7) is 3.89. The number of carbonyl (C=O) groups is 1. The van der Waals surface area contributed by atoms with Crippen molar-refractivity contribution < 1.29 is 15.0 Å². The highest BCUT2D eigenvalue weighted by Gasteiger charge is 2.23. The smallest absolute Gasteiger partial charge is 0.345 e. The fourth-order valence-corrected chi connectivity index (χ4v) is 3.25. The van der Waals surface area contributed by atoms with E-state index in [1.165, 1.54) is 5.56 Å². The highest BCUT2D eigenvalue weighted by Crippen LogP contribution is 2.33. The molecular weight excluding hydrogens is 320 g/mol. The van der Waals surface area contributed by atoms with Gasteiger partial charge in [-0.25, -0.2) is 4.79 Å². The minimum atomic E-state index is -1.44. The molecule has 0 aliphatic carbocycles. The number of rotatable bonds is 4. The number of nitrogens with zero attached hydrogens (tertiary/aromatic N) is 1. The van der Waals surface area contributed by atoms with E-state index in [0.717, 1.165) is 23.0 Å². The number of aromatic carboxylic acids is 1. The van der Waals surface area contributed by atoms with Gasteiger partial charge in [-0.3, -0.25) is 4.79 Å². The van der Waals surface area contributed by atoms with Crippen molar-refractivity contribution in [2.24, 2.45) is 7.05 Å². The number of carboxylic acid groups (broad SMARTS) is 1. The van der Waals surface area contributed by atoms with E-state index in [1.807, 2.05) is 23.7 Å². The van der Waals surface area contributed by atoms with Crippen LogP contribution in [0.2, 0.25) is 0 Å². The van der Waals surface area contributed by atoms with Crippen LogP contribution in [0, 0.1) is 0 Å². The summed E-state index contributed by atoms with van der Waals surface area (Å²) in [4.78, 5) is 26.1. The molecule has 6 heteroatoms. The van der Waals surface area contributed by atoms with Crippen molar-refractivity contribution in [3.05, 3.63) is 51.3 Å². The second-order valence-corrected chi connectivity index (χ2v) is 6.03. The molecule has 0 aliphatic rings. The molecule has 0 saturated carbocycles. The number of fused-ring (bicyclic) bond motifs is 1. The van der Waals surface area contributed by atoms with Crippen molar-refractivity contribution in [3.8, 4) is 17.1 Å². The SMILES string of the molecule is CCc1ccc2c(c1)cc(-c1[nH]c(=O)c(C(=O)O)c(O)c1CC)n2C. The van der Waals surface area contributed by atoms with Crippen molar-refractivity contribution >= 4 is 16.9 Å². The van der Waals surface area contributed by atoms with Gasteiger partial charge in [-0.2, -0.15) is 0 Å². The zero-order valence-corrected chi connectivity index (χ0v) is 14.4. The Kier molecular flexibility index (Phi) is 4.12. The molecule has 6 nitrogen and oxygen atoms in total. The van der Waals surface area contributed by atoms with Crippen LogP contribution in [0.15, 0.2) is 29.1 Å². The van der Waals surface area contributed by atoms with Crippen LogP contribution in [0.25, 0.3) is 22.3 Å². The first-order valence-electron chi connectivity index (χ1n) is 8.19. The number of aromatic nitrogens is 2. The van der Waals surface area contributed by atoms with Gasteiger partial charge in [-0.1, -0.05) is 19.9 Å². The molecule has 1 aromatic carbocycles. The second kappa shape index (κ2) is 6.12. The quantitative estimate of drug-likeness (QED) is 0.680. The number of benzene rings is 1. The number of aryl methyl sites for hydroxylation is 2. The summed E-state index contributed by atoms with van der Waals surface area (Å²) < 4.78 is 1.93. The first-order valence-corrected chi connectivity index (χ1v) is 8.19. The number of carboxylic acids is 1. The number of aromatic amines is 1. The lowest BCUT2D eigenvalue weighted by atomic mass is 10.0. The van der Waals surface area contributed by atoms with Crippen LogP contribution in [0.1, 0.15) is 35.3 Å². The monoisotopic (exact) mass is 340 g/mol. The van der Waals surface area contributed by atoms with E-state index in [1.54, 1.807) is 6.92 Å². The Morgan fingerprint density at radius 3 is 2.52 bits per heavy atom. The van der Waals surface area contributed by atoms with Gasteiger partial charge < -0.3 is 19.8 Å². The number of hydrogen-bond acceptors (Lipinski definition) is 3. The molecule has 3 N–H and O–H groups in total. The van der Waals surface area contributed by atoms with Gasteiger partial charge in [0, 0.05) is 23.5 Å². The standard InChI is InChI=1S/C19H20N2O4/c1-4-10-6-7-13-11(8-10)9-14(21(13)3)16-12(5-2)17(22)15(19(24)25)18(23)20-16/h6-9H,4-5H2,1-3H3,(H,24,25)(H2,20,22,23). The highest BCUT2D eigenvalue weighted by molar-refractivity contribution is 5.93. The van der Waals surface area contributed by atoms with Gasteiger partial charge in [0.25, 0.3) is 5.56 Å². The number of aromatic hydroxyl groups is 1. The highest BCUT2D eigenvalue weighted by atomic mass is 16.4. The molecule has 130 valence electrons. The Hall–Kier alpha value is -3.02. The molecule has 2 heterocycles. The zero-order valence-electron chi connectivity index (χ0n) is 14.4. The predicted octanol–water partition coefficient (Wildman–Crippen LogP) is 3.06. The van der Waals surface area contributed by atoms with Crippen molar-refractivity contribution in [1.29, 1.82) is 0 Å². The van der Waals surface area contributed by atoms with Crippen LogP contribution in [0.3, 0.4) is 0 Å². The third-order valence-electron chi connectivity index (χ3n) is 4.63. The summed E-state index contributed by atoms with van der Waals surface area (Å²) in [5, 5.41) is 20.5. The van der Waals surface area contributed by atoms with Gasteiger partial charge in [0.1, 0.15) is 5.75 Å². The number of H-pyrrole nitrogens is 1. The van der Waals surface area contributed by atoms with E-state index >= 15 is 0 Å². The fraction of sp³-hybridized carbons (Fsp3) is 0.263. The largest absolute Gasteiger partial charge is 0.506 e. The summed E-state index contributed by atoms with van der Waals surface area (Å²) >= 11 is 0. The van der Waals surface area contributed by atoms with Gasteiger partial charge in [-0.15, -0.1) is 0 Å². The van der Waals surface area contributed by atoms with Crippen LogP contribution < -0.4 is 5.56 Å². The molecule has 0 radical (unpaired) electrons. The third kappa shape index (κ3) is 2.59. The lowest BCUT2D eigenvalue weighted by molar-refractivity contribution is 0.0691. The predicted molar refractivity (Wildman–Crippen MR) is 96.4 cm³/mol. The van der Waals surface area contributed by atoms with E-state index in [0.29, 0.717) is 17.7 Å². The first-order chi connectivity index (χ1) is 11.9. The Morgan fingerprint density at radius 2 is 1.92 bits per heavy atom. The number of hydrogen-bond donors (Lipinski definition) is 3. The molecule has 0 aliphatic heterocycles. The van der Waals surface area contributed by atoms with E-state index in [9.17, 15) is 14.7 Å². The van der Waals surface area contributed by atoms with Crippen LogP contribution in [-0.4, -0.2) is 25.7 Å². The Balaban J connectivity index is 2.33. The minimum absolute atomic E-state index is 0.389. The molecule has 25 heavy (non-hydrogen) atoms.